The predicted molar refractivity (Wildman–Crippen MR) is 135 cm³/mol. The van der Waals surface area contributed by atoms with E-state index < -0.39 is 8.32 Å². The van der Waals surface area contributed by atoms with Crippen LogP contribution in [0.25, 0.3) is 0 Å². The van der Waals surface area contributed by atoms with Gasteiger partial charge in [0.1, 0.15) is 0 Å². The average molecular weight is 493 g/mol. The number of ketones is 2. The van der Waals surface area contributed by atoms with E-state index in [1.807, 2.05) is 24.3 Å². The smallest absolute Gasteiger partial charge is 1.00 e. The van der Waals surface area contributed by atoms with Gasteiger partial charge < -0.3 is 10.6 Å². The van der Waals surface area contributed by atoms with Crippen LogP contribution in [0.4, 0.5) is 0 Å². The molecule has 0 heterocycles. The summed E-state index contributed by atoms with van der Waals surface area (Å²) >= 11 is 0. The third kappa shape index (κ3) is 4.86. The predicted octanol–water partition coefficient (Wildman–Crippen LogP) is 3.30. The number of hydrogen-bond donors (Lipinski definition) is 0. The molecule has 1 aromatic rings. The minimum Gasteiger partial charge on any atom is -1.00 e. The summed E-state index contributed by atoms with van der Waals surface area (Å²) < 4.78 is 12.9. The first-order chi connectivity index (χ1) is 15.4. The molecule has 2 saturated carbocycles. The second-order valence-corrected chi connectivity index (χ2v) is 17.1. The van der Waals surface area contributed by atoms with Gasteiger partial charge in [-0.15, -0.1) is 6.58 Å². The molecular formula is C28H41NaO4Si. The van der Waals surface area contributed by atoms with Crippen molar-refractivity contribution in [3.05, 3.63) is 48.0 Å². The van der Waals surface area contributed by atoms with Gasteiger partial charge in [0.05, 0.1) is 19.3 Å². The van der Waals surface area contributed by atoms with Gasteiger partial charge in [-0.25, -0.2) is 0 Å². The summed E-state index contributed by atoms with van der Waals surface area (Å²) in [5.41, 5.74) is 1.54. The third-order valence-corrected chi connectivity index (χ3v) is 13.7. The second kappa shape index (κ2) is 10.1. The molecular weight excluding hydrogens is 451 g/mol. The topological polar surface area (TPSA) is 52.6 Å². The Kier molecular flexibility index (Phi) is 8.29. The van der Waals surface area contributed by atoms with Crippen LogP contribution in [0, 0.1) is 23.2 Å². The van der Waals surface area contributed by atoms with Crippen molar-refractivity contribution in [2.24, 2.45) is 23.2 Å². The number of ether oxygens (including phenoxy) is 1. The summed E-state index contributed by atoms with van der Waals surface area (Å²) in [4.78, 5) is 26.5. The minimum absolute atomic E-state index is 0. The molecule has 4 rings (SSSR count). The van der Waals surface area contributed by atoms with Crippen LogP contribution in [-0.4, -0.2) is 39.2 Å². The Morgan fingerprint density at radius 3 is 2.47 bits per heavy atom. The maximum atomic E-state index is 13.5. The van der Waals surface area contributed by atoms with Crippen LogP contribution in [0.15, 0.2) is 36.9 Å². The minimum atomic E-state index is -1.84. The molecule has 0 aliphatic heterocycles. The van der Waals surface area contributed by atoms with E-state index in [0.717, 1.165) is 24.8 Å². The number of allylic oxidation sites excluding steroid dienone is 1. The molecule has 0 aromatic heterocycles. The molecule has 0 bridgehead atoms. The van der Waals surface area contributed by atoms with Crippen LogP contribution < -0.4 is 29.6 Å². The van der Waals surface area contributed by atoms with Crippen molar-refractivity contribution in [1.82, 2.24) is 0 Å². The fourth-order valence-electron chi connectivity index (χ4n) is 6.40. The molecule has 6 heteroatoms. The maximum Gasteiger partial charge on any atom is 1.00 e. The number of carbonyl (C=O) groups excluding carboxylic acids is 2. The Morgan fingerprint density at radius 1 is 1.15 bits per heavy atom. The van der Waals surface area contributed by atoms with E-state index in [9.17, 15) is 9.59 Å². The van der Waals surface area contributed by atoms with Crippen molar-refractivity contribution in [3.63, 3.8) is 0 Å². The molecule has 3 aliphatic rings. The standard InChI is InChI=1S/C28H40O4Si.Na.H/c1-8-18-15-21-24-23(19-11-9-10-12-20(19)25(29)26(24)30)22(17-28(21,5)16-18)31-13-14-32-33(6,7)27(2,3)4;;/h8-12,18,21-24H,1,13-17H2,2-7H3;;/q;+1;-1/t18?,21?,22-,23+,24+,28-;;/m0../s1. The van der Waals surface area contributed by atoms with Gasteiger partial charge >= 0.3 is 29.6 Å². The van der Waals surface area contributed by atoms with Crippen LogP contribution in [0.5, 0.6) is 0 Å². The van der Waals surface area contributed by atoms with Crippen molar-refractivity contribution < 1.29 is 49.7 Å². The van der Waals surface area contributed by atoms with Gasteiger partial charge in [-0.1, -0.05) is 58.0 Å². The fourth-order valence-corrected chi connectivity index (χ4v) is 7.43. The summed E-state index contributed by atoms with van der Waals surface area (Å²) in [5.74, 6) is -0.327. The van der Waals surface area contributed by atoms with Crippen LogP contribution in [0.3, 0.4) is 0 Å². The Labute approximate surface area is 230 Å². The monoisotopic (exact) mass is 492 g/mol. The van der Waals surface area contributed by atoms with E-state index in [0.29, 0.717) is 24.7 Å². The van der Waals surface area contributed by atoms with Crippen molar-refractivity contribution >= 4 is 19.9 Å². The zero-order valence-corrected chi connectivity index (χ0v) is 25.1. The number of fused-ring (bicyclic) bond motifs is 5. The summed E-state index contributed by atoms with van der Waals surface area (Å²) in [6.45, 7) is 18.6. The van der Waals surface area contributed by atoms with Gasteiger partial charge in [0, 0.05) is 17.4 Å². The first kappa shape index (κ1) is 28.0. The van der Waals surface area contributed by atoms with Gasteiger partial charge in [-0.05, 0) is 60.2 Å². The van der Waals surface area contributed by atoms with E-state index in [2.05, 4.69) is 47.4 Å². The second-order valence-electron chi connectivity index (χ2n) is 12.3. The first-order valence-corrected chi connectivity index (χ1v) is 15.4. The molecule has 0 amide bonds. The molecule has 4 nitrogen and oxygen atoms in total. The van der Waals surface area contributed by atoms with Crippen LogP contribution in [0.1, 0.15) is 70.2 Å². The number of carbonyl (C=O) groups is 2. The first-order valence-electron chi connectivity index (χ1n) is 12.5. The quantitative estimate of drug-likeness (QED) is 0.265. The van der Waals surface area contributed by atoms with Crippen molar-refractivity contribution in [2.45, 2.75) is 77.1 Å². The Balaban J connectivity index is 0.00000216. The Bertz CT molecular complexity index is 959. The average Bonchev–Trinajstić information content (AvgIpc) is 3.09. The van der Waals surface area contributed by atoms with Gasteiger partial charge in [-0.3, -0.25) is 9.59 Å². The van der Waals surface area contributed by atoms with E-state index in [-0.39, 0.29) is 76.9 Å². The maximum absolute atomic E-state index is 13.5. The van der Waals surface area contributed by atoms with Gasteiger partial charge in [-0.2, -0.15) is 0 Å². The third-order valence-electron chi connectivity index (χ3n) is 9.18. The Hall–Kier alpha value is -0.563. The molecule has 0 spiro atoms. The van der Waals surface area contributed by atoms with E-state index in [1.54, 1.807) is 6.07 Å². The number of hydrogen-bond acceptors (Lipinski definition) is 4. The van der Waals surface area contributed by atoms with Crippen LogP contribution in [-0.2, 0) is 14.0 Å². The van der Waals surface area contributed by atoms with Gasteiger partial charge in [0.15, 0.2) is 8.32 Å². The summed E-state index contributed by atoms with van der Waals surface area (Å²) in [6.07, 6.45) is 4.78. The molecule has 2 fully saturated rings. The zero-order chi connectivity index (χ0) is 24.2. The van der Waals surface area contributed by atoms with Gasteiger partial charge in [0.2, 0.25) is 11.6 Å². The largest absolute Gasteiger partial charge is 1.00 e. The fraction of sp³-hybridized carbons (Fsp3) is 0.643. The normalized spacial score (nSPS) is 32.9. The van der Waals surface area contributed by atoms with Crippen molar-refractivity contribution in [2.75, 3.05) is 13.2 Å². The SMILES string of the molecule is C=CC1CC2[C@H]3C(=O)C(=O)c4ccccc4[C@@H]3[C@@H](OCCO[Si](C)(C)C(C)(C)C)C[C@]2(C)C1.[H-].[Na+]. The molecule has 182 valence electrons. The van der Waals surface area contributed by atoms with Crippen LogP contribution in [0.2, 0.25) is 18.1 Å². The summed E-state index contributed by atoms with van der Waals surface area (Å²) in [7, 11) is -1.84. The molecule has 34 heavy (non-hydrogen) atoms. The van der Waals surface area contributed by atoms with Crippen LogP contribution >= 0.6 is 0 Å². The summed E-state index contributed by atoms with van der Waals surface area (Å²) in [6, 6.07) is 7.66. The molecule has 0 saturated heterocycles. The van der Waals surface area contributed by atoms with Crippen molar-refractivity contribution in [3.8, 4) is 0 Å². The molecule has 3 aliphatic carbocycles. The molecule has 0 N–H and O–H groups in total. The number of Topliss-reactive ketones (excluding diaryl/α,β-unsaturated/α-hetero) is 2. The molecule has 1 aromatic carbocycles. The van der Waals surface area contributed by atoms with E-state index in [4.69, 9.17) is 9.16 Å². The van der Waals surface area contributed by atoms with Crippen molar-refractivity contribution in [1.29, 1.82) is 0 Å². The Morgan fingerprint density at radius 2 is 1.82 bits per heavy atom. The van der Waals surface area contributed by atoms with Gasteiger partial charge in [0.25, 0.3) is 0 Å². The zero-order valence-electron chi connectivity index (χ0n) is 23.1. The number of rotatable bonds is 6. The molecule has 2 unspecified atom stereocenters. The number of benzene rings is 1. The molecule has 6 atom stereocenters. The molecule has 0 radical (unpaired) electrons. The summed E-state index contributed by atoms with van der Waals surface area (Å²) in [5, 5.41) is 0.155. The van der Waals surface area contributed by atoms with E-state index in [1.165, 1.54) is 0 Å². The van der Waals surface area contributed by atoms with E-state index >= 15 is 0 Å².